The number of aromatic nitrogens is 4. The van der Waals surface area contributed by atoms with E-state index in [9.17, 15) is 4.79 Å². The molecule has 1 saturated heterocycles. The van der Waals surface area contributed by atoms with Gasteiger partial charge in [0.05, 0.1) is 27.4 Å². The number of piperazine rings is 1. The number of anilines is 1. The monoisotopic (exact) mass is 658 g/mol. The standard InChI is InChI=1S/C35H33ClF2N6O3/c1-20(2)29-31-27(11-12-39-29)46-15-16-47-32-26(38)10-9-25(37)28(32)30-24(36)17-23-33(41-35(45)44(31)34(23)40-30)43-14-13-42(18-21(43)3)19-22-7-5-4-6-8-22/h4-12,17,20-21H,13-16,18-19H2,1-3H3/t21-/m0/s1. The van der Waals surface area contributed by atoms with Gasteiger partial charge in [0.1, 0.15) is 36.3 Å². The smallest absolute Gasteiger partial charge is 0.356 e. The van der Waals surface area contributed by atoms with E-state index in [-0.39, 0.29) is 52.9 Å². The highest BCUT2D eigenvalue weighted by Crippen LogP contribution is 2.41. The van der Waals surface area contributed by atoms with Crippen molar-refractivity contribution in [2.75, 3.05) is 37.7 Å². The van der Waals surface area contributed by atoms with Crippen molar-refractivity contribution in [1.82, 2.24) is 24.4 Å². The van der Waals surface area contributed by atoms with Crippen molar-refractivity contribution in [3.63, 3.8) is 0 Å². The molecule has 0 unspecified atom stereocenters. The van der Waals surface area contributed by atoms with Crippen LogP contribution in [0.15, 0.2) is 65.6 Å². The zero-order valence-corrected chi connectivity index (χ0v) is 27.0. The summed E-state index contributed by atoms with van der Waals surface area (Å²) in [6, 6.07) is 15.5. The SMILES string of the molecule is CC(C)c1nccc2c1-n1c(=O)nc(N3CCN(Cc4ccccc4)C[C@@H]3C)c3cc(Cl)c(nc31)-c1c(F)ccc(F)c1OCCO2. The number of ether oxygens (including phenoxy) is 2. The summed E-state index contributed by atoms with van der Waals surface area (Å²) >= 11 is 6.87. The molecule has 2 bridgehead atoms. The highest BCUT2D eigenvalue weighted by molar-refractivity contribution is 6.34. The van der Waals surface area contributed by atoms with Gasteiger partial charge in [-0.3, -0.25) is 9.88 Å². The molecule has 1 fully saturated rings. The molecule has 2 aliphatic heterocycles. The summed E-state index contributed by atoms with van der Waals surface area (Å²) in [5, 5.41) is 0.529. The van der Waals surface area contributed by atoms with E-state index in [4.69, 9.17) is 26.1 Å². The van der Waals surface area contributed by atoms with Crippen LogP contribution < -0.4 is 20.1 Å². The van der Waals surface area contributed by atoms with E-state index in [0.29, 0.717) is 34.9 Å². The van der Waals surface area contributed by atoms with Gasteiger partial charge in [-0.15, -0.1) is 0 Å². The number of hydrogen-bond donors (Lipinski definition) is 0. The summed E-state index contributed by atoms with van der Waals surface area (Å²) in [5.41, 5.74) is 1.42. The van der Waals surface area contributed by atoms with Gasteiger partial charge in [-0.25, -0.2) is 23.1 Å². The Hall–Kier alpha value is -4.61. The second kappa shape index (κ2) is 12.5. The first-order valence-corrected chi connectivity index (χ1v) is 16.0. The lowest BCUT2D eigenvalue weighted by Crippen LogP contribution is -2.52. The fraction of sp³-hybridized carbons (Fsp3) is 0.314. The highest BCUT2D eigenvalue weighted by atomic mass is 35.5. The molecular weight excluding hydrogens is 626 g/mol. The van der Waals surface area contributed by atoms with Gasteiger partial charge in [0, 0.05) is 44.5 Å². The number of benzene rings is 2. The Morgan fingerprint density at radius 2 is 1.77 bits per heavy atom. The van der Waals surface area contributed by atoms with Gasteiger partial charge in [0.15, 0.2) is 17.2 Å². The molecular formula is C35H33ClF2N6O3. The first-order chi connectivity index (χ1) is 22.7. The second-order valence-electron chi connectivity index (χ2n) is 12.1. The minimum absolute atomic E-state index is 0.0206. The molecule has 0 spiro atoms. The molecule has 0 saturated carbocycles. The lowest BCUT2D eigenvalue weighted by Gasteiger charge is -2.41. The van der Waals surface area contributed by atoms with Gasteiger partial charge in [-0.2, -0.15) is 4.98 Å². The number of rotatable bonds is 4. The highest BCUT2D eigenvalue weighted by Gasteiger charge is 2.31. The molecule has 0 aliphatic carbocycles. The van der Waals surface area contributed by atoms with E-state index in [1.165, 1.54) is 10.1 Å². The quantitative estimate of drug-likeness (QED) is 0.220. The van der Waals surface area contributed by atoms with Gasteiger partial charge in [0.2, 0.25) is 0 Å². The molecule has 9 nitrogen and oxygen atoms in total. The maximum absolute atomic E-state index is 15.5. The number of halogens is 3. The van der Waals surface area contributed by atoms with Crippen molar-refractivity contribution in [2.24, 2.45) is 0 Å². The summed E-state index contributed by atoms with van der Waals surface area (Å²) in [5.74, 6) is -1.24. The molecule has 2 aromatic carbocycles. The third kappa shape index (κ3) is 5.67. The third-order valence-electron chi connectivity index (χ3n) is 8.60. The van der Waals surface area contributed by atoms with E-state index < -0.39 is 17.3 Å². The van der Waals surface area contributed by atoms with Crippen LogP contribution in [-0.4, -0.2) is 63.3 Å². The Kier molecular flexibility index (Phi) is 8.27. The van der Waals surface area contributed by atoms with Crippen LogP contribution in [0.5, 0.6) is 11.5 Å². The minimum atomic E-state index is -0.780. The van der Waals surface area contributed by atoms with Gasteiger partial charge in [-0.1, -0.05) is 55.8 Å². The Morgan fingerprint density at radius 1 is 1.00 bits per heavy atom. The van der Waals surface area contributed by atoms with Crippen LogP contribution in [0, 0.1) is 11.6 Å². The predicted octanol–water partition coefficient (Wildman–Crippen LogP) is 6.38. The van der Waals surface area contributed by atoms with Crippen LogP contribution in [0.2, 0.25) is 5.02 Å². The molecule has 0 N–H and O–H groups in total. The average molecular weight is 659 g/mol. The molecule has 0 amide bonds. The second-order valence-corrected chi connectivity index (χ2v) is 12.5. The van der Waals surface area contributed by atoms with E-state index in [0.717, 1.165) is 31.8 Å². The van der Waals surface area contributed by atoms with Crippen molar-refractivity contribution >= 4 is 28.5 Å². The van der Waals surface area contributed by atoms with Crippen LogP contribution in [0.25, 0.3) is 28.0 Å². The first kappa shape index (κ1) is 31.0. The number of pyridine rings is 2. The maximum atomic E-state index is 15.5. The Morgan fingerprint density at radius 3 is 2.53 bits per heavy atom. The minimum Gasteiger partial charge on any atom is -0.488 e. The van der Waals surface area contributed by atoms with E-state index in [1.54, 1.807) is 18.3 Å². The Balaban J connectivity index is 1.46. The summed E-state index contributed by atoms with van der Waals surface area (Å²) in [4.78, 5) is 32.8. The summed E-state index contributed by atoms with van der Waals surface area (Å²) in [7, 11) is 0. The molecule has 1 atom stereocenters. The molecule has 5 heterocycles. The van der Waals surface area contributed by atoms with E-state index in [2.05, 4.69) is 38.8 Å². The van der Waals surface area contributed by atoms with Crippen LogP contribution >= 0.6 is 11.6 Å². The molecule has 3 aromatic heterocycles. The van der Waals surface area contributed by atoms with E-state index in [1.807, 2.05) is 32.0 Å². The predicted molar refractivity (Wildman–Crippen MR) is 177 cm³/mol. The molecule has 5 aromatic rings. The van der Waals surface area contributed by atoms with Crippen LogP contribution in [0.3, 0.4) is 0 Å². The fourth-order valence-electron chi connectivity index (χ4n) is 6.44. The van der Waals surface area contributed by atoms with Crippen molar-refractivity contribution in [3.05, 3.63) is 99.2 Å². The number of hydrogen-bond acceptors (Lipinski definition) is 8. The lowest BCUT2D eigenvalue weighted by molar-refractivity contribution is 0.211. The molecule has 12 heteroatoms. The zero-order chi connectivity index (χ0) is 32.8. The van der Waals surface area contributed by atoms with Gasteiger partial charge < -0.3 is 14.4 Å². The molecule has 242 valence electrons. The van der Waals surface area contributed by atoms with E-state index >= 15 is 8.78 Å². The third-order valence-corrected chi connectivity index (χ3v) is 8.89. The lowest BCUT2D eigenvalue weighted by atomic mass is 10.1. The molecule has 47 heavy (non-hydrogen) atoms. The van der Waals surface area contributed by atoms with Crippen molar-refractivity contribution in [2.45, 2.75) is 39.3 Å². The number of nitrogens with zero attached hydrogens (tertiary/aromatic N) is 6. The molecule has 0 radical (unpaired) electrons. The van der Waals surface area contributed by atoms with Crippen LogP contribution in [0.1, 0.15) is 37.9 Å². The van der Waals surface area contributed by atoms with Gasteiger partial charge in [0.25, 0.3) is 0 Å². The Bertz CT molecular complexity index is 2040. The zero-order valence-electron chi connectivity index (χ0n) is 26.2. The Labute approximate surface area is 275 Å². The van der Waals surface area contributed by atoms with Gasteiger partial charge >= 0.3 is 5.69 Å². The first-order valence-electron chi connectivity index (χ1n) is 15.6. The maximum Gasteiger partial charge on any atom is 0.356 e. The largest absolute Gasteiger partial charge is 0.488 e. The summed E-state index contributed by atoms with van der Waals surface area (Å²) in [6.45, 7) is 8.72. The topological polar surface area (TPSA) is 85.6 Å². The normalized spacial score (nSPS) is 16.7. The molecule has 7 rings (SSSR count). The average Bonchev–Trinajstić information content (AvgIpc) is 3.04. The fourth-order valence-corrected chi connectivity index (χ4v) is 6.69. The molecule has 2 aliphatic rings. The number of fused-ring (bicyclic) bond motifs is 5. The van der Waals surface area contributed by atoms with Crippen molar-refractivity contribution in [1.29, 1.82) is 0 Å². The van der Waals surface area contributed by atoms with Crippen molar-refractivity contribution in [3.8, 4) is 28.4 Å². The van der Waals surface area contributed by atoms with Gasteiger partial charge in [-0.05, 0) is 36.6 Å². The van der Waals surface area contributed by atoms with Crippen LogP contribution in [0.4, 0.5) is 14.6 Å². The van der Waals surface area contributed by atoms with Crippen molar-refractivity contribution < 1.29 is 18.3 Å². The summed E-state index contributed by atoms with van der Waals surface area (Å²) < 4.78 is 43.9. The van der Waals surface area contributed by atoms with Crippen LogP contribution in [-0.2, 0) is 6.54 Å². The summed E-state index contributed by atoms with van der Waals surface area (Å²) in [6.07, 6.45) is 1.60.